The van der Waals surface area contributed by atoms with E-state index in [1.54, 1.807) is 4.90 Å². The average Bonchev–Trinajstić information content (AvgIpc) is 2.48. The van der Waals surface area contributed by atoms with E-state index in [2.05, 4.69) is 5.32 Å². The monoisotopic (exact) mass is 294 g/mol. The molecule has 6 heteroatoms. The second kappa shape index (κ2) is 4.75. The van der Waals surface area contributed by atoms with Crippen molar-refractivity contribution in [2.45, 2.75) is 17.5 Å². The zero-order valence-corrected chi connectivity index (χ0v) is 11.8. The van der Waals surface area contributed by atoms with Crippen LogP contribution in [0.4, 0.5) is 5.69 Å². The van der Waals surface area contributed by atoms with E-state index in [0.29, 0.717) is 13.0 Å². The average molecular weight is 295 g/mol. The number of halogens is 1. The Morgan fingerprint density at radius 1 is 1.45 bits per heavy atom. The van der Waals surface area contributed by atoms with E-state index in [1.165, 1.54) is 7.11 Å². The molecule has 3 aliphatic rings. The number of esters is 1. The topological polar surface area (TPSA) is 58.6 Å². The molecule has 3 heterocycles. The maximum atomic E-state index is 12.7. The number of nitrogens with zero attached hydrogens (tertiary/aromatic N) is 1. The summed E-state index contributed by atoms with van der Waals surface area (Å²) in [7, 11) is 1.31. The van der Waals surface area contributed by atoms with Gasteiger partial charge in [0.25, 0.3) is 5.91 Å². The highest BCUT2D eigenvalue weighted by Gasteiger charge is 2.60. The predicted molar refractivity (Wildman–Crippen MR) is 74.4 cm³/mol. The smallest absolute Gasteiger partial charge is 0.312 e. The van der Waals surface area contributed by atoms with Gasteiger partial charge in [-0.3, -0.25) is 14.9 Å². The SMILES string of the molecule is COC(=O)[C@H]1C[C@@H]2CN[C@@]1(Cl)C(=O)N2c1ccccc1. The number of amides is 1. The number of fused-ring (bicyclic) bond motifs is 3. The van der Waals surface area contributed by atoms with Gasteiger partial charge in [0.05, 0.1) is 13.2 Å². The largest absolute Gasteiger partial charge is 0.469 e. The van der Waals surface area contributed by atoms with Gasteiger partial charge in [0.1, 0.15) is 5.92 Å². The lowest BCUT2D eigenvalue weighted by Gasteiger charge is -2.52. The summed E-state index contributed by atoms with van der Waals surface area (Å²) in [4.78, 5) is 24.8. The number of methoxy groups -OCH3 is 1. The molecule has 20 heavy (non-hydrogen) atoms. The third-order valence-electron chi connectivity index (χ3n) is 4.00. The number of benzene rings is 1. The van der Waals surface area contributed by atoms with Crippen molar-refractivity contribution in [3.05, 3.63) is 30.3 Å². The lowest BCUT2D eigenvalue weighted by atomic mass is 9.81. The number of hydrogen-bond acceptors (Lipinski definition) is 4. The number of nitrogens with one attached hydrogen (secondary N) is 1. The maximum absolute atomic E-state index is 12.7. The molecule has 1 aromatic carbocycles. The Morgan fingerprint density at radius 3 is 2.80 bits per heavy atom. The Kier molecular flexibility index (Phi) is 3.18. The molecule has 0 radical (unpaired) electrons. The molecule has 0 unspecified atom stereocenters. The van der Waals surface area contributed by atoms with Gasteiger partial charge in [0.2, 0.25) is 0 Å². The fraction of sp³-hybridized carbons (Fsp3) is 0.429. The second-order valence-corrected chi connectivity index (χ2v) is 5.66. The zero-order valence-electron chi connectivity index (χ0n) is 11.0. The Balaban J connectivity index is 1.97. The first-order valence-electron chi connectivity index (χ1n) is 6.48. The number of anilines is 1. The van der Waals surface area contributed by atoms with Crippen molar-refractivity contribution in [3.8, 4) is 0 Å². The van der Waals surface area contributed by atoms with Gasteiger partial charge in [-0.1, -0.05) is 29.8 Å². The van der Waals surface area contributed by atoms with Crippen molar-refractivity contribution >= 4 is 29.2 Å². The van der Waals surface area contributed by atoms with Gasteiger partial charge >= 0.3 is 5.97 Å². The molecule has 1 aromatic rings. The predicted octanol–water partition coefficient (Wildman–Crippen LogP) is 1.12. The van der Waals surface area contributed by atoms with Crippen molar-refractivity contribution in [2.75, 3.05) is 18.6 Å². The molecule has 0 aromatic heterocycles. The van der Waals surface area contributed by atoms with Crippen LogP contribution in [0.3, 0.4) is 0 Å². The summed E-state index contributed by atoms with van der Waals surface area (Å²) in [6.07, 6.45) is 0.504. The summed E-state index contributed by atoms with van der Waals surface area (Å²) < 4.78 is 4.76. The number of ether oxygens (including phenoxy) is 1. The fourth-order valence-electron chi connectivity index (χ4n) is 2.99. The summed E-state index contributed by atoms with van der Waals surface area (Å²) >= 11 is 6.43. The molecule has 0 aliphatic carbocycles. The number of piperidine rings is 2. The third-order valence-corrected chi connectivity index (χ3v) is 4.56. The first kappa shape index (κ1) is 13.4. The molecular weight excluding hydrogens is 280 g/mol. The van der Waals surface area contributed by atoms with Crippen LogP contribution in [0, 0.1) is 5.92 Å². The van der Waals surface area contributed by atoms with Crippen LogP contribution < -0.4 is 10.2 Å². The lowest BCUT2D eigenvalue weighted by Crippen LogP contribution is -2.74. The van der Waals surface area contributed by atoms with Gasteiger partial charge in [-0.05, 0) is 18.6 Å². The number of hydrogen-bond donors (Lipinski definition) is 1. The number of rotatable bonds is 2. The Bertz CT molecular complexity index is 551. The van der Waals surface area contributed by atoms with Crippen LogP contribution in [-0.4, -0.2) is 36.6 Å². The normalized spacial score (nSPS) is 32.3. The van der Waals surface area contributed by atoms with Crippen molar-refractivity contribution in [2.24, 2.45) is 5.92 Å². The molecule has 0 saturated carbocycles. The van der Waals surface area contributed by atoms with Crippen LogP contribution in [0.2, 0.25) is 0 Å². The molecule has 4 rings (SSSR count). The lowest BCUT2D eigenvalue weighted by molar-refractivity contribution is -0.153. The molecule has 3 aliphatic heterocycles. The van der Waals surface area contributed by atoms with Crippen molar-refractivity contribution < 1.29 is 14.3 Å². The number of carbonyl (C=O) groups excluding carboxylic acids is 2. The van der Waals surface area contributed by atoms with Crippen LogP contribution in [-0.2, 0) is 14.3 Å². The van der Waals surface area contributed by atoms with Gasteiger partial charge in [0.15, 0.2) is 5.00 Å². The van der Waals surface area contributed by atoms with Gasteiger partial charge in [-0.25, -0.2) is 0 Å². The Labute approximate surface area is 121 Å². The van der Waals surface area contributed by atoms with E-state index in [0.717, 1.165) is 5.69 Å². The molecule has 3 atom stereocenters. The van der Waals surface area contributed by atoms with E-state index in [9.17, 15) is 9.59 Å². The van der Waals surface area contributed by atoms with E-state index >= 15 is 0 Å². The quantitative estimate of drug-likeness (QED) is 0.504. The van der Waals surface area contributed by atoms with Crippen molar-refractivity contribution in [3.63, 3.8) is 0 Å². The van der Waals surface area contributed by atoms with Gasteiger partial charge in [-0.2, -0.15) is 0 Å². The second-order valence-electron chi connectivity index (χ2n) is 5.07. The molecule has 0 spiro atoms. The van der Waals surface area contributed by atoms with Crippen LogP contribution in [0.1, 0.15) is 6.42 Å². The van der Waals surface area contributed by atoms with E-state index in [-0.39, 0.29) is 11.9 Å². The highest BCUT2D eigenvalue weighted by Crippen LogP contribution is 2.42. The number of piperazine rings is 1. The summed E-state index contributed by atoms with van der Waals surface area (Å²) in [5, 5.41) is 2.98. The minimum absolute atomic E-state index is 0.0883. The number of carbonyl (C=O) groups is 2. The highest BCUT2D eigenvalue weighted by atomic mass is 35.5. The zero-order chi connectivity index (χ0) is 14.3. The van der Waals surface area contributed by atoms with Crippen LogP contribution >= 0.6 is 11.6 Å². The van der Waals surface area contributed by atoms with Crippen LogP contribution in [0.25, 0.3) is 0 Å². The van der Waals surface area contributed by atoms with E-state index in [4.69, 9.17) is 16.3 Å². The molecule has 3 saturated heterocycles. The van der Waals surface area contributed by atoms with Gasteiger partial charge in [-0.15, -0.1) is 0 Å². The summed E-state index contributed by atoms with van der Waals surface area (Å²) in [5.74, 6) is -1.39. The van der Waals surface area contributed by atoms with Crippen LogP contribution in [0.5, 0.6) is 0 Å². The summed E-state index contributed by atoms with van der Waals surface area (Å²) in [6, 6.07) is 9.28. The molecule has 3 fully saturated rings. The minimum Gasteiger partial charge on any atom is -0.469 e. The maximum Gasteiger partial charge on any atom is 0.312 e. The van der Waals surface area contributed by atoms with Crippen molar-refractivity contribution in [1.82, 2.24) is 5.32 Å². The third kappa shape index (κ3) is 1.81. The molecular formula is C14H15ClN2O3. The number of alkyl halides is 1. The van der Waals surface area contributed by atoms with Crippen molar-refractivity contribution in [1.29, 1.82) is 0 Å². The first-order chi connectivity index (χ1) is 9.58. The summed E-state index contributed by atoms with van der Waals surface area (Å²) in [6.45, 7) is 0.567. The van der Waals surface area contributed by atoms with Gasteiger partial charge < -0.3 is 9.64 Å². The molecule has 1 amide bonds. The van der Waals surface area contributed by atoms with Gasteiger partial charge in [0, 0.05) is 12.2 Å². The van der Waals surface area contributed by atoms with E-state index in [1.807, 2.05) is 30.3 Å². The standard InChI is InChI=1S/C14H15ClN2O3/c1-20-12(18)11-7-10-8-16-14(11,15)13(19)17(10)9-5-3-2-4-6-9/h2-6,10-11,16H,7-8H2,1H3/t10-,11-,14-/m1/s1. The Hall–Kier alpha value is -1.59. The highest BCUT2D eigenvalue weighted by molar-refractivity contribution is 6.38. The number of para-hydroxylation sites is 1. The molecule has 2 bridgehead atoms. The fourth-order valence-corrected chi connectivity index (χ4v) is 3.33. The summed E-state index contributed by atoms with van der Waals surface area (Å²) in [5.41, 5.74) is 0.803. The minimum atomic E-state index is -1.41. The molecule has 5 nitrogen and oxygen atoms in total. The molecule has 1 N–H and O–H groups in total. The Morgan fingerprint density at radius 2 is 2.15 bits per heavy atom. The van der Waals surface area contributed by atoms with E-state index < -0.39 is 16.9 Å². The van der Waals surface area contributed by atoms with Crippen LogP contribution in [0.15, 0.2) is 30.3 Å². The molecule has 106 valence electrons. The first-order valence-corrected chi connectivity index (χ1v) is 6.86.